The van der Waals surface area contributed by atoms with Crippen molar-refractivity contribution in [2.24, 2.45) is 0 Å². The largest absolute Gasteiger partial charge is 0.497 e. The number of benzene rings is 2. The summed E-state index contributed by atoms with van der Waals surface area (Å²) < 4.78 is 6.96. The van der Waals surface area contributed by atoms with E-state index in [0.29, 0.717) is 5.82 Å². The molecule has 0 aliphatic carbocycles. The van der Waals surface area contributed by atoms with E-state index in [9.17, 15) is 0 Å². The Morgan fingerprint density at radius 2 is 1.80 bits per heavy atom. The lowest BCUT2D eigenvalue weighted by Gasteiger charge is -2.03. The monoisotopic (exact) mass is 265 g/mol. The van der Waals surface area contributed by atoms with E-state index in [-0.39, 0.29) is 0 Å². The topological polar surface area (TPSA) is 53.1 Å². The summed E-state index contributed by atoms with van der Waals surface area (Å²) in [6, 6.07) is 19.5. The highest BCUT2D eigenvalue weighted by Gasteiger charge is 2.09. The molecule has 4 nitrogen and oxygen atoms in total. The molecule has 2 N–H and O–H groups in total. The standard InChI is InChI=1S/C16H15N3O/c1-20-14-9-5-6-12(10-14)15-11-16(17)19(18-15)13-7-3-2-4-8-13/h2-11H,17H2,1H3. The highest BCUT2D eigenvalue weighted by molar-refractivity contribution is 5.65. The second-order valence-corrected chi connectivity index (χ2v) is 4.43. The smallest absolute Gasteiger partial charge is 0.127 e. The van der Waals surface area contributed by atoms with Crippen molar-refractivity contribution in [2.75, 3.05) is 12.8 Å². The van der Waals surface area contributed by atoms with E-state index in [4.69, 9.17) is 10.5 Å². The fourth-order valence-electron chi connectivity index (χ4n) is 2.10. The van der Waals surface area contributed by atoms with Crippen LogP contribution in [0.25, 0.3) is 16.9 Å². The fourth-order valence-corrected chi connectivity index (χ4v) is 2.10. The van der Waals surface area contributed by atoms with E-state index >= 15 is 0 Å². The van der Waals surface area contributed by atoms with E-state index in [1.54, 1.807) is 11.8 Å². The summed E-state index contributed by atoms with van der Waals surface area (Å²) in [5, 5.41) is 4.56. The lowest BCUT2D eigenvalue weighted by Crippen LogP contribution is -2.01. The maximum absolute atomic E-state index is 6.05. The quantitative estimate of drug-likeness (QED) is 0.791. The number of para-hydroxylation sites is 1. The third kappa shape index (κ3) is 2.23. The van der Waals surface area contributed by atoms with Crippen LogP contribution < -0.4 is 10.5 Å². The van der Waals surface area contributed by atoms with Crippen LogP contribution >= 0.6 is 0 Å². The van der Waals surface area contributed by atoms with Gasteiger partial charge in [-0.15, -0.1) is 0 Å². The van der Waals surface area contributed by atoms with Crippen LogP contribution in [0.5, 0.6) is 5.75 Å². The second kappa shape index (κ2) is 5.09. The molecule has 0 aliphatic rings. The Kier molecular flexibility index (Phi) is 3.13. The van der Waals surface area contributed by atoms with Gasteiger partial charge >= 0.3 is 0 Å². The molecular weight excluding hydrogens is 250 g/mol. The van der Waals surface area contributed by atoms with E-state index in [0.717, 1.165) is 22.7 Å². The zero-order valence-corrected chi connectivity index (χ0v) is 11.2. The lowest BCUT2D eigenvalue weighted by atomic mass is 10.1. The zero-order valence-electron chi connectivity index (χ0n) is 11.2. The first-order valence-electron chi connectivity index (χ1n) is 6.33. The van der Waals surface area contributed by atoms with Gasteiger partial charge in [-0.2, -0.15) is 5.10 Å². The van der Waals surface area contributed by atoms with Crippen molar-refractivity contribution in [1.29, 1.82) is 0 Å². The number of rotatable bonds is 3. The Labute approximate surface area is 117 Å². The molecule has 1 heterocycles. The van der Waals surface area contributed by atoms with Crippen LogP contribution in [0.4, 0.5) is 5.82 Å². The van der Waals surface area contributed by atoms with E-state index in [2.05, 4.69) is 5.10 Å². The summed E-state index contributed by atoms with van der Waals surface area (Å²) in [5.41, 5.74) is 8.80. The average molecular weight is 265 g/mol. The van der Waals surface area contributed by atoms with E-state index < -0.39 is 0 Å². The SMILES string of the molecule is COc1cccc(-c2cc(N)n(-c3ccccc3)n2)c1. The summed E-state index contributed by atoms with van der Waals surface area (Å²) in [5.74, 6) is 1.41. The Bertz CT molecular complexity index is 720. The molecule has 0 aliphatic heterocycles. The van der Waals surface area contributed by atoms with Crippen LogP contribution in [0.3, 0.4) is 0 Å². The Morgan fingerprint density at radius 1 is 1.00 bits per heavy atom. The minimum atomic E-state index is 0.606. The van der Waals surface area contributed by atoms with Gasteiger partial charge in [0.25, 0.3) is 0 Å². The van der Waals surface area contributed by atoms with Gasteiger partial charge in [-0.3, -0.25) is 0 Å². The Hall–Kier alpha value is -2.75. The number of hydrogen-bond acceptors (Lipinski definition) is 3. The lowest BCUT2D eigenvalue weighted by molar-refractivity contribution is 0.415. The van der Waals surface area contributed by atoms with Crippen molar-refractivity contribution in [1.82, 2.24) is 9.78 Å². The summed E-state index contributed by atoms with van der Waals surface area (Å²) in [7, 11) is 1.65. The molecule has 0 atom stereocenters. The van der Waals surface area contributed by atoms with Crippen LogP contribution in [-0.4, -0.2) is 16.9 Å². The van der Waals surface area contributed by atoms with E-state index in [1.807, 2.05) is 60.7 Å². The highest BCUT2D eigenvalue weighted by atomic mass is 16.5. The van der Waals surface area contributed by atoms with Crippen molar-refractivity contribution < 1.29 is 4.74 Å². The highest BCUT2D eigenvalue weighted by Crippen LogP contribution is 2.25. The third-order valence-corrected chi connectivity index (χ3v) is 3.10. The Morgan fingerprint density at radius 3 is 2.55 bits per heavy atom. The van der Waals surface area contributed by atoms with Crippen LogP contribution in [0.1, 0.15) is 0 Å². The molecule has 4 heteroatoms. The predicted octanol–water partition coefficient (Wildman–Crippen LogP) is 3.13. The molecule has 3 aromatic rings. The molecule has 2 aromatic carbocycles. The zero-order chi connectivity index (χ0) is 13.9. The van der Waals surface area contributed by atoms with Gasteiger partial charge in [0.2, 0.25) is 0 Å². The van der Waals surface area contributed by atoms with E-state index in [1.165, 1.54) is 0 Å². The number of nitrogens with two attached hydrogens (primary N) is 1. The van der Waals surface area contributed by atoms with Crippen LogP contribution in [-0.2, 0) is 0 Å². The summed E-state index contributed by atoms with van der Waals surface area (Å²) in [6.45, 7) is 0. The molecule has 3 rings (SSSR count). The van der Waals surface area contributed by atoms with Crippen molar-refractivity contribution >= 4 is 5.82 Å². The maximum atomic E-state index is 6.05. The molecule has 0 amide bonds. The summed E-state index contributed by atoms with van der Waals surface area (Å²) in [6.07, 6.45) is 0. The molecule has 1 aromatic heterocycles. The van der Waals surface area contributed by atoms with Crippen LogP contribution in [0, 0.1) is 0 Å². The molecule has 20 heavy (non-hydrogen) atoms. The number of hydrogen-bond donors (Lipinski definition) is 1. The number of anilines is 1. The molecule has 0 unspecified atom stereocenters. The fraction of sp³-hybridized carbons (Fsp3) is 0.0625. The third-order valence-electron chi connectivity index (χ3n) is 3.10. The normalized spacial score (nSPS) is 10.4. The molecule has 0 fully saturated rings. The Balaban J connectivity index is 2.04. The van der Waals surface area contributed by atoms with Gasteiger partial charge < -0.3 is 10.5 Å². The van der Waals surface area contributed by atoms with Gasteiger partial charge in [0, 0.05) is 11.6 Å². The van der Waals surface area contributed by atoms with Crippen molar-refractivity contribution in [3.63, 3.8) is 0 Å². The van der Waals surface area contributed by atoms with Crippen molar-refractivity contribution in [3.8, 4) is 22.7 Å². The first-order valence-corrected chi connectivity index (χ1v) is 6.33. The molecule has 100 valence electrons. The molecule has 0 spiro atoms. The first kappa shape index (κ1) is 12.3. The molecule has 0 saturated carbocycles. The molecular formula is C16H15N3O. The van der Waals surface area contributed by atoms with Gasteiger partial charge in [0.15, 0.2) is 0 Å². The maximum Gasteiger partial charge on any atom is 0.127 e. The van der Waals surface area contributed by atoms with Crippen molar-refractivity contribution in [3.05, 3.63) is 60.7 Å². The van der Waals surface area contributed by atoms with Crippen LogP contribution in [0.2, 0.25) is 0 Å². The first-order chi connectivity index (χ1) is 9.78. The van der Waals surface area contributed by atoms with Gasteiger partial charge in [-0.1, -0.05) is 30.3 Å². The van der Waals surface area contributed by atoms with Gasteiger partial charge in [-0.05, 0) is 24.3 Å². The van der Waals surface area contributed by atoms with Gasteiger partial charge in [0.05, 0.1) is 18.5 Å². The molecule has 0 saturated heterocycles. The van der Waals surface area contributed by atoms with Crippen molar-refractivity contribution in [2.45, 2.75) is 0 Å². The second-order valence-electron chi connectivity index (χ2n) is 4.43. The minimum Gasteiger partial charge on any atom is -0.497 e. The number of nitrogens with zero attached hydrogens (tertiary/aromatic N) is 2. The minimum absolute atomic E-state index is 0.606. The molecule has 0 radical (unpaired) electrons. The summed E-state index contributed by atoms with van der Waals surface area (Å²) >= 11 is 0. The molecule has 0 bridgehead atoms. The summed E-state index contributed by atoms with van der Waals surface area (Å²) in [4.78, 5) is 0. The number of aromatic nitrogens is 2. The predicted molar refractivity (Wildman–Crippen MR) is 80.0 cm³/mol. The van der Waals surface area contributed by atoms with Gasteiger partial charge in [0.1, 0.15) is 11.6 Å². The number of ether oxygens (including phenoxy) is 1. The average Bonchev–Trinajstić information content (AvgIpc) is 2.90. The van der Waals surface area contributed by atoms with Gasteiger partial charge in [-0.25, -0.2) is 4.68 Å². The number of methoxy groups -OCH3 is 1. The van der Waals surface area contributed by atoms with Crippen LogP contribution in [0.15, 0.2) is 60.7 Å². The number of nitrogen functional groups attached to an aromatic ring is 1.